The summed E-state index contributed by atoms with van der Waals surface area (Å²) in [6.45, 7) is 0. The molecule has 0 bridgehead atoms. The van der Waals surface area contributed by atoms with Gasteiger partial charge in [-0.15, -0.1) is 24.8 Å². The molecule has 1 aromatic rings. The van der Waals surface area contributed by atoms with Crippen molar-refractivity contribution in [1.82, 2.24) is 4.98 Å². The van der Waals surface area contributed by atoms with Gasteiger partial charge in [-0.1, -0.05) is 0 Å². The van der Waals surface area contributed by atoms with Gasteiger partial charge in [-0.2, -0.15) is 0 Å². The van der Waals surface area contributed by atoms with Crippen LogP contribution < -0.4 is 4.74 Å². The lowest BCUT2D eigenvalue weighted by molar-refractivity contribution is -0.276. The Hall–Kier alpha value is -0.770. The zero-order chi connectivity index (χ0) is 14.6. The molecule has 0 radical (unpaired) electrons. The molecule has 0 saturated carbocycles. The van der Waals surface area contributed by atoms with Crippen LogP contribution >= 0.6 is 34.2 Å². The lowest BCUT2D eigenvalue weighted by atomic mass is 10.1. The molecule has 0 spiro atoms. The molecule has 19 heavy (non-hydrogen) atoms. The van der Waals surface area contributed by atoms with Gasteiger partial charge in [-0.25, -0.2) is 4.98 Å². The Morgan fingerprint density at radius 3 is 2.63 bits per heavy atom. The molecule has 1 rings (SSSR count). The molecule has 9 heteroatoms. The van der Waals surface area contributed by atoms with Crippen LogP contribution in [0.5, 0.6) is 5.88 Å². The smallest absolute Gasteiger partial charge is 0.469 e. The molecule has 0 aliphatic rings. The fourth-order valence-corrected chi connectivity index (χ4v) is 2.06. The molecule has 0 aliphatic carbocycles. The van der Waals surface area contributed by atoms with Crippen molar-refractivity contribution in [3.8, 4) is 5.88 Å². The van der Waals surface area contributed by atoms with Crippen LogP contribution in [0.15, 0.2) is 6.07 Å². The first kappa shape index (κ1) is 16.3. The zero-order valence-corrected chi connectivity index (χ0v) is 12.5. The summed E-state index contributed by atoms with van der Waals surface area (Å²) in [6.07, 6.45) is -4.95. The normalized spacial score (nSPS) is 11.3. The highest BCUT2D eigenvalue weighted by Gasteiger charge is 2.33. The van der Waals surface area contributed by atoms with Gasteiger partial charge in [0.1, 0.15) is 0 Å². The molecule has 0 unspecified atom stereocenters. The summed E-state index contributed by atoms with van der Waals surface area (Å²) in [5.74, 6) is -1.26. The molecular formula is C10H8ClF3INO3. The fourth-order valence-electron chi connectivity index (χ4n) is 1.22. The van der Waals surface area contributed by atoms with Crippen LogP contribution in [0.3, 0.4) is 0 Å². The molecule has 0 saturated heterocycles. The van der Waals surface area contributed by atoms with Crippen LogP contribution in [0.1, 0.15) is 11.3 Å². The van der Waals surface area contributed by atoms with Crippen molar-refractivity contribution in [2.75, 3.05) is 7.11 Å². The third-order valence-corrected chi connectivity index (χ3v) is 3.04. The van der Waals surface area contributed by atoms with E-state index in [0.29, 0.717) is 5.56 Å². The van der Waals surface area contributed by atoms with E-state index >= 15 is 0 Å². The van der Waals surface area contributed by atoms with Gasteiger partial charge in [-0.05, 0) is 34.2 Å². The van der Waals surface area contributed by atoms with Crippen LogP contribution in [0, 0.1) is 3.57 Å². The van der Waals surface area contributed by atoms with E-state index in [4.69, 9.17) is 11.6 Å². The van der Waals surface area contributed by atoms with Crippen molar-refractivity contribution in [3.63, 3.8) is 0 Å². The Labute approximate surface area is 125 Å². The number of carbonyl (C=O) groups excluding carboxylic acids is 1. The summed E-state index contributed by atoms with van der Waals surface area (Å²) >= 11 is 7.24. The Bertz CT molecular complexity index is 482. The second-order valence-corrected chi connectivity index (χ2v) is 4.74. The number of hydrogen-bond donors (Lipinski definition) is 0. The summed E-state index contributed by atoms with van der Waals surface area (Å²) in [5, 5.41) is 0. The van der Waals surface area contributed by atoms with Crippen LogP contribution in [-0.2, 0) is 21.8 Å². The van der Waals surface area contributed by atoms with Gasteiger partial charge in [0.25, 0.3) is 0 Å². The number of nitrogens with zero attached hydrogens (tertiary/aromatic N) is 1. The van der Waals surface area contributed by atoms with Crippen LogP contribution in [-0.4, -0.2) is 24.4 Å². The number of rotatable bonds is 4. The number of ether oxygens (including phenoxy) is 2. The fraction of sp³-hybridized carbons (Fsp3) is 0.400. The number of pyridine rings is 1. The Balaban J connectivity index is 3.10. The highest BCUT2D eigenvalue weighted by Crippen LogP contribution is 2.28. The van der Waals surface area contributed by atoms with Gasteiger partial charge >= 0.3 is 12.3 Å². The molecule has 0 amide bonds. The Morgan fingerprint density at radius 2 is 2.16 bits per heavy atom. The van der Waals surface area contributed by atoms with Crippen molar-refractivity contribution in [1.29, 1.82) is 0 Å². The van der Waals surface area contributed by atoms with E-state index in [9.17, 15) is 18.0 Å². The Kier molecular flexibility index (Phi) is 5.65. The zero-order valence-electron chi connectivity index (χ0n) is 9.55. The second kappa shape index (κ2) is 6.60. The predicted molar refractivity (Wildman–Crippen MR) is 68.9 cm³/mol. The first-order valence-corrected chi connectivity index (χ1v) is 6.45. The van der Waals surface area contributed by atoms with E-state index in [2.05, 4.69) is 14.5 Å². The van der Waals surface area contributed by atoms with E-state index in [0.717, 1.165) is 0 Å². The average Bonchev–Trinajstić information content (AvgIpc) is 2.30. The van der Waals surface area contributed by atoms with Crippen molar-refractivity contribution in [2.45, 2.75) is 18.7 Å². The number of carbonyl (C=O) groups is 1. The van der Waals surface area contributed by atoms with E-state index < -0.39 is 18.2 Å². The molecule has 1 heterocycles. The quantitative estimate of drug-likeness (QED) is 0.436. The molecule has 106 valence electrons. The van der Waals surface area contributed by atoms with Gasteiger partial charge in [-0.3, -0.25) is 4.79 Å². The van der Waals surface area contributed by atoms with Gasteiger partial charge in [0, 0.05) is 0 Å². The highest BCUT2D eigenvalue weighted by molar-refractivity contribution is 14.1. The van der Waals surface area contributed by atoms with Crippen molar-refractivity contribution < 1.29 is 27.4 Å². The van der Waals surface area contributed by atoms with E-state index in [1.54, 1.807) is 22.6 Å². The maximum atomic E-state index is 12.1. The largest absolute Gasteiger partial charge is 0.574 e. The molecule has 0 aromatic carbocycles. The van der Waals surface area contributed by atoms with Gasteiger partial charge in [0.05, 0.1) is 28.7 Å². The Morgan fingerprint density at radius 1 is 1.53 bits per heavy atom. The van der Waals surface area contributed by atoms with Gasteiger partial charge in [0.2, 0.25) is 5.88 Å². The molecule has 0 fully saturated rings. The lowest BCUT2D eigenvalue weighted by Gasteiger charge is -2.13. The summed E-state index contributed by atoms with van der Waals surface area (Å²) < 4.78 is 44.8. The predicted octanol–water partition coefficient (Wildman–Crippen LogP) is 3.04. The molecule has 4 nitrogen and oxygen atoms in total. The molecule has 0 atom stereocenters. The third-order valence-electron chi connectivity index (χ3n) is 2.01. The number of methoxy groups -OCH3 is 1. The van der Waals surface area contributed by atoms with Crippen LogP contribution in [0.25, 0.3) is 0 Å². The summed E-state index contributed by atoms with van der Waals surface area (Å²) in [4.78, 5) is 14.8. The molecule has 1 aromatic heterocycles. The standard InChI is InChI=1S/C10H8ClF3INO3/c1-18-8(17)3-5-2-6(15)9(16-7(5)4-11)19-10(12,13)14/h2H,3-4H2,1H3. The van der Waals surface area contributed by atoms with E-state index in [-0.39, 0.29) is 21.6 Å². The maximum absolute atomic E-state index is 12.1. The van der Waals surface area contributed by atoms with Crippen molar-refractivity contribution in [2.24, 2.45) is 0 Å². The molecule has 0 aliphatic heterocycles. The molecule has 0 N–H and O–H groups in total. The minimum Gasteiger partial charge on any atom is -0.469 e. The lowest BCUT2D eigenvalue weighted by Crippen LogP contribution is -2.19. The van der Waals surface area contributed by atoms with Gasteiger partial charge < -0.3 is 9.47 Å². The monoisotopic (exact) mass is 409 g/mol. The van der Waals surface area contributed by atoms with Crippen molar-refractivity contribution >= 4 is 40.2 Å². The minimum atomic E-state index is -4.83. The highest BCUT2D eigenvalue weighted by atomic mass is 127. The first-order chi connectivity index (χ1) is 8.76. The number of aromatic nitrogens is 1. The van der Waals surface area contributed by atoms with E-state index in [1.165, 1.54) is 13.2 Å². The summed E-state index contributed by atoms with van der Waals surface area (Å²) in [6, 6.07) is 1.36. The second-order valence-electron chi connectivity index (χ2n) is 3.32. The topological polar surface area (TPSA) is 48.4 Å². The number of hydrogen-bond acceptors (Lipinski definition) is 4. The third kappa shape index (κ3) is 5.01. The van der Waals surface area contributed by atoms with Crippen LogP contribution in [0.2, 0.25) is 0 Å². The minimum absolute atomic E-state index is 0.117. The number of esters is 1. The first-order valence-electron chi connectivity index (χ1n) is 4.83. The van der Waals surface area contributed by atoms with Gasteiger partial charge in [0.15, 0.2) is 0 Å². The number of halogens is 5. The van der Waals surface area contributed by atoms with Crippen LogP contribution in [0.4, 0.5) is 13.2 Å². The summed E-state index contributed by atoms with van der Waals surface area (Å²) in [5.41, 5.74) is 0.549. The average molecular weight is 410 g/mol. The summed E-state index contributed by atoms with van der Waals surface area (Å²) in [7, 11) is 1.21. The van der Waals surface area contributed by atoms with E-state index in [1.807, 2.05) is 0 Å². The maximum Gasteiger partial charge on any atom is 0.574 e. The SMILES string of the molecule is COC(=O)Cc1cc(I)c(OC(F)(F)F)nc1CCl. The molecular weight excluding hydrogens is 401 g/mol. The van der Waals surface area contributed by atoms with Crippen molar-refractivity contribution in [3.05, 3.63) is 20.9 Å². The number of alkyl halides is 4.